The van der Waals surface area contributed by atoms with Gasteiger partial charge in [0.25, 0.3) is 5.69 Å². The summed E-state index contributed by atoms with van der Waals surface area (Å²) in [4.78, 5) is 30.9. The summed E-state index contributed by atoms with van der Waals surface area (Å²) in [5.41, 5.74) is 1.89. The molecule has 0 spiro atoms. The molecule has 0 bridgehead atoms. The van der Waals surface area contributed by atoms with E-state index in [0.717, 1.165) is 10.5 Å². The molecule has 1 aromatic carbocycles. The fraction of sp³-hybridized carbons (Fsp3) is 0.333. The van der Waals surface area contributed by atoms with E-state index in [4.69, 9.17) is 9.47 Å². The Morgan fingerprint density at radius 2 is 2.00 bits per heavy atom. The molecule has 6 nitrogen and oxygen atoms in total. The monoisotopic (exact) mass is 329 g/mol. The lowest BCUT2D eigenvalue weighted by atomic mass is 10.0. The lowest BCUT2D eigenvalue weighted by Gasteiger charge is -2.01. The molecule has 6 heteroatoms. The number of carbonyl (C=O) groups is 2. The van der Waals surface area contributed by atoms with Gasteiger partial charge in [-0.25, -0.2) is 0 Å². The molecule has 0 aliphatic rings. The van der Waals surface area contributed by atoms with Crippen molar-refractivity contribution in [1.82, 2.24) is 5.16 Å². The Balaban J connectivity index is 2.25. The van der Waals surface area contributed by atoms with Gasteiger partial charge in [0.05, 0.1) is 0 Å². The van der Waals surface area contributed by atoms with Crippen LogP contribution in [0.2, 0.25) is 0 Å². The number of ketones is 2. The first-order valence-electron chi connectivity index (χ1n) is 7.86. The van der Waals surface area contributed by atoms with E-state index in [0.29, 0.717) is 24.1 Å². The van der Waals surface area contributed by atoms with Crippen LogP contribution < -0.4 is 9.74 Å². The highest BCUT2D eigenvalue weighted by molar-refractivity contribution is 6.08. The topological polar surface area (TPSA) is 73.3 Å². The van der Waals surface area contributed by atoms with Crippen LogP contribution in [0.5, 0.6) is 0 Å². The quantitative estimate of drug-likeness (QED) is 0.548. The van der Waals surface area contributed by atoms with Crippen molar-refractivity contribution in [1.29, 1.82) is 0 Å². The van der Waals surface area contributed by atoms with Crippen LogP contribution in [-0.4, -0.2) is 23.8 Å². The number of rotatable bonds is 8. The van der Waals surface area contributed by atoms with Crippen molar-refractivity contribution in [3.63, 3.8) is 0 Å². The number of carbonyl (C=O) groups excluding carboxylic acids is 2. The average molecular weight is 329 g/mol. The van der Waals surface area contributed by atoms with Crippen LogP contribution in [0.25, 0.3) is 0 Å². The molecule has 24 heavy (non-hydrogen) atoms. The molecule has 0 unspecified atom stereocenters. The molecule has 2 rings (SSSR count). The number of hydrogen-bond acceptors (Lipinski definition) is 5. The maximum absolute atomic E-state index is 12.6. The Bertz CT molecular complexity index is 748. The predicted octanol–water partition coefficient (Wildman–Crippen LogP) is 2.11. The maximum Gasteiger partial charge on any atom is 0.321 e. The van der Waals surface area contributed by atoms with Crippen molar-refractivity contribution in [2.45, 2.75) is 33.1 Å². The maximum atomic E-state index is 12.6. The lowest BCUT2D eigenvalue weighted by Crippen LogP contribution is -2.43. The van der Waals surface area contributed by atoms with E-state index in [1.807, 2.05) is 26.0 Å². The van der Waals surface area contributed by atoms with Gasteiger partial charge in [0.1, 0.15) is 12.0 Å². The van der Waals surface area contributed by atoms with Crippen LogP contribution >= 0.6 is 0 Å². The van der Waals surface area contributed by atoms with Crippen molar-refractivity contribution in [3.8, 4) is 0 Å². The molecule has 0 aliphatic carbocycles. The Hall–Kier alpha value is -2.76. The van der Waals surface area contributed by atoms with Gasteiger partial charge in [-0.2, -0.15) is 0 Å². The van der Waals surface area contributed by atoms with Gasteiger partial charge in [0.15, 0.2) is 10.9 Å². The number of nitrogens with zero attached hydrogens (tertiary/aromatic N) is 2. The molecular formula is C18H21N2O4+. The van der Waals surface area contributed by atoms with Crippen molar-refractivity contribution in [2.24, 2.45) is 0 Å². The molecule has 126 valence electrons. The van der Waals surface area contributed by atoms with Crippen LogP contribution in [0.3, 0.4) is 0 Å². The second kappa shape index (κ2) is 8.19. The standard InChI is InChI=1S/C18H21N2O4/c1-4-13(5-2)16(21)12-11-15-17(19-24-20(15)23-3)18(22)14-9-7-6-8-10-14/h4,6-10H,5,11-12H2,1-3H3/q+1/b13-4+. The van der Waals surface area contributed by atoms with Gasteiger partial charge in [-0.3, -0.25) is 9.59 Å². The van der Waals surface area contributed by atoms with Crippen molar-refractivity contribution >= 4 is 11.6 Å². The van der Waals surface area contributed by atoms with Gasteiger partial charge in [0.2, 0.25) is 5.78 Å². The molecule has 0 aliphatic heterocycles. The summed E-state index contributed by atoms with van der Waals surface area (Å²) < 4.78 is 5.03. The Labute approximate surface area is 140 Å². The molecule has 0 radical (unpaired) electrons. The summed E-state index contributed by atoms with van der Waals surface area (Å²) in [5.74, 6) is -0.221. The molecule has 0 amide bonds. The lowest BCUT2D eigenvalue weighted by molar-refractivity contribution is -1.02. The van der Waals surface area contributed by atoms with E-state index >= 15 is 0 Å². The Morgan fingerprint density at radius 1 is 1.29 bits per heavy atom. The molecule has 2 aromatic rings. The van der Waals surface area contributed by atoms with Crippen LogP contribution in [-0.2, 0) is 11.2 Å². The summed E-state index contributed by atoms with van der Waals surface area (Å²) >= 11 is 0. The first-order valence-corrected chi connectivity index (χ1v) is 7.86. The third-order valence-corrected chi connectivity index (χ3v) is 3.79. The van der Waals surface area contributed by atoms with Gasteiger partial charge < -0.3 is 4.84 Å². The van der Waals surface area contributed by atoms with Crippen LogP contribution in [0.4, 0.5) is 0 Å². The molecule has 0 saturated carbocycles. The molecule has 0 saturated heterocycles. The minimum Gasteiger partial charge on any atom is -0.305 e. The summed E-state index contributed by atoms with van der Waals surface area (Å²) in [6.45, 7) is 3.78. The van der Waals surface area contributed by atoms with E-state index in [9.17, 15) is 9.59 Å². The summed E-state index contributed by atoms with van der Waals surface area (Å²) in [5, 5.41) is 3.81. The highest BCUT2D eigenvalue weighted by Gasteiger charge is 2.32. The van der Waals surface area contributed by atoms with Gasteiger partial charge in [0, 0.05) is 18.4 Å². The minimum absolute atomic E-state index is 0.0435. The summed E-state index contributed by atoms with van der Waals surface area (Å²) in [6.07, 6.45) is 3.06. The molecule has 1 heterocycles. The zero-order valence-corrected chi connectivity index (χ0v) is 14.1. The van der Waals surface area contributed by atoms with Gasteiger partial charge >= 0.3 is 5.69 Å². The smallest absolute Gasteiger partial charge is 0.305 e. The average Bonchev–Trinajstić information content (AvgIpc) is 3.04. The second-order valence-electron chi connectivity index (χ2n) is 5.19. The molecule has 0 atom stereocenters. The second-order valence-corrected chi connectivity index (χ2v) is 5.19. The van der Waals surface area contributed by atoms with Crippen molar-refractivity contribution in [2.75, 3.05) is 7.11 Å². The summed E-state index contributed by atoms with van der Waals surface area (Å²) in [7, 11) is 1.41. The SMILES string of the molecule is C/C=C(\CC)C(=O)CCc1c(C(=O)c2ccccc2)no[n+]1OC. The third kappa shape index (κ3) is 3.76. The molecule has 0 N–H and O–H groups in total. The highest BCUT2D eigenvalue weighted by Crippen LogP contribution is 2.13. The first-order chi connectivity index (χ1) is 11.6. The van der Waals surface area contributed by atoms with E-state index < -0.39 is 0 Å². The third-order valence-electron chi connectivity index (χ3n) is 3.79. The Kier molecular flexibility index (Phi) is 6.01. The van der Waals surface area contributed by atoms with Gasteiger partial charge in [-0.05, 0) is 23.5 Å². The molecule has 1 aromatic heterocycles. The number of Topliss-reactive ketones (excluding diaryl/α,β-unsaturated/α-hetero) is 1. The number of benzene rings is 1. The van der Waals surface area contributed by atoms with Crippen LogP contribution in [0, 0.1) is 0 Å². The first kappa shape index (κ1) is 17.6. The predicted molar refractivity (Wildman–Crippen MR) is 86.5 cm³/mol. The highest BCUT2D eigenvalue weighted by atomic mass is 16.8. The van der Waals surface area contributed by atoms with Gasteiger partial charge in [-0.1, -0.05) is 43.3 Å². The number of allylic oxidation sites excluding steroid dienone is 2. The van der Waals surface area contributed by atoms with Gasteiger partial charge in [-0.15, -0.1) is 0 Å². The molecular weight excluding hydrogens is 308 g/mol. The number of aromatic nitrogens is 2. The van der Waals surface area contributed by atoms with Crippen molar-refractivity contribution < 1.29 is 24.0 Å². The van der Waals surface area contributed by atoms with E-state index in [-0.39, 0.29) is 23.7 Å². The Morgan fingerprint density at radius 3 is 2.58 bits per heavy atom. The van der Waals surface area contributed by atoms with Crippen LogP contribution in [0.15, 0.2) is 46.6 Å². The fourth-order valence-corrected chi connectivity index (χ4v) is 2.47. The summed E-state index contributed by atoms with van der Waals surface area (Å²) in [6, 6.07) is 8.80. The minimum atomic E-state index is -0.264. The zero-order valence-electron chi connectivity index (χ0n) is 14.1. The van der Waals surface area contributed by atoms with Crippen molar-refractivity contribution in [3.05, 3.63) is 58.9 Å². The normalized spacial score (nSPS) is 11.4. The number of hydrogen-bond donors (Lipinski definition) is 0. The zero-order chi connectivity index (χ0) is 17.5. The molecule has 0 fully saturated rings. The van der Waals surface area contributed by atoms with E-state index in [2.05, 4.69) is 5.16 Å². The van der Waals surface area contributed by atoms with E-state index in [1.54, 1.807) is 24.3 Å². The largest absolute Gasteiger partial charge is 0.321 e. The van der Waals surface area contributed by atoms with E-state index in [1.165, 1.54) is 7.11 Å². The van der Waals surface area contributed by atoms with Crippen LogP contribution in [0.1, 0.15) is 48.4 Å². The fourth-order valence-electron chi connectivity index (χ4n) is 2.47.